The van der Waals surface area contributed by atoms with Crippen molar-refractivity contribution >= 4 is 0 Å². The van der Waals surface area contributed by atoms with Crippen molar-refractivity contribution in [3.63, 3.8) is 0 Å². The van der Waals surface area contributed by atoms with Crippen LogP contribution in [0.15, 0.2) is 12.7 Å². The van der Waals surface area contributed by atoms with Crippen molar-refractivity contribution in [2.45, 2.75) is 58.0 Å². The van der Waals surface area contributed by atoms with E-state index in [0.717, 1.165) is 6.42 Å². The fraction of sp³-hybridized carbons (Fsp3) is 0.846. The highest BCUT2D eigenvalue weighted by Gasteiger charge is 2.52. The van der Waals surface area contributed by atoms with Gasteiger partial charge in [0.2, 0.25) is 0 Å². The molecule has 1 heterocycles. The Hall–Kier alpha value is -0.380. The van der Waals surface area contributed by atoms with Gasteiger partial charge in [0.05, 0.1) is 17.7 Å². The number of aliphatic hydroxyl groups is 1. The van der Waals surface area contributed by atoms with Gasteiger partial charge in [0.25, 0.3) is 0 Å². The fourth-order valence-electron chi connectivity index (χ4n) is 2.49. The number of hydrogen-bond acceptors (Lipinski definition) is 3. The first-order chi connectivity index (χ1) is 7.32. The summed E-state index contributed by atoms with van der Waals surface area (Å²) in [5.41, 5.74) is 5.41. The normalized spacial score (nSPS) is 39.6. The summed E-state index contributed by atoms with van der Waals surface area (Å²) in [6.45, 7) is 12.1. The van der Waals surface area contributed by atoms with Crippen LogP contribution in [0.4, 0.5) is 0 Å². The molecule has 0 aliphatic carbocycles. The molecule has 0 saturated carbocycles. The zero-order chi connectivity index (χ0) is 12.5. The van der Waals surface area contributed by atoms with E-state index in [1.165, 1.54) is 0 Å². The number of aliphatic hydroxyl groups excluding tert-OH is 1. The Morgan fingerprint density at radius 2 is 2.00 bits per heavy atom. The van der Waals surface area contributed by atoms with Crippen LogP contribution in [0.25, 0.3) is 0 Å². The van der Waals surface area contributed by atoms with Gasteiger partial charge in [-0.3, -0.25) is 0 Å². The summed E-state index contributed by atoms with van der Waals surface area (Å²) in [6, 6.07) is 0. The lowest BCUT2D eigenvalue weighted by Crippen LogP contribution is -2.55. The molecule has 0 aromatic carbocycles. The zero-order valence-corrected chi connectivity index (χ0v) is 10.8. The molecule has 4 atom stereocenters. The van der Waals surface area contributed by atoms with Gasteiger partial charge < -0.3 is 15.6 Å². The predicted molar refractivity (Wildman–Crippen MR) is 66.1 cm³/mol. The molecule has 3 N–H and O–H groups in total. The highest BCUT2D eigenvalue weighted by atomic mass is 16.5. The zero-order valence-electron chi connectivity index (χ0n) is 10.8. The van der Waals surface area contributed by atoms with Crippen LogP contribution in [-0.2, 0) is 4.74 Å². The molecule has 0 amide bonds. The van der Waals surface area contributed by atoms with Crippen molar-refractivity contribution in [3.8, 4) is 0 Å². The molecule has 0 spiro atoms. The standard InChI is InChI=1S/C13H25NO2/c1-6-13(14)11(15)10(7-8(2)3)16-12(13)9(4)5/h6,8-12,15H,1,7,14H2,2-5H3/t10-,11-,12+,13-/m1/s1. The monoisotopic (exact) mass is 227 g/mol. The van der Waals surface area contributed by atoms with Crippen molar-refractivity contribution in [1.29, 1.82) is 0 Å². The molecule has 0 aromatic rings. The third-order valence-corrected chi connectivity index (χ3v) is 3.34. The maximum Gasteiger partial charge on any atom is 0.104 e. The Balaban J connectivity index is 2.87. The minimum Gasteiger partial charge on any atom is -0.388 e. The maximum absolute atomic E-state index is 10.3. The lowest BCUT2D eigenvalue weighted by atomic mass is 9.82. The largest absolute Gasteiger partial charge is 0.388 e. The van der Waals surface area contributed by atoms with E-state index in [1.807, 2.05) is 0 Å². The molecule has 94 valence electrons. The molecule has 0 unspecified atom stereocenters. The number of nitrogens with two attached hydrogens (primary N) is 1. The quantitative estimate of drug-likeness (QED) is 0.719. The number of ether oxygens (including phenoxy) is 1. The Morgan fingerprint density at radius 3 is 2.31 bits per heavy atom. The summed E-state index contributed by atoms with van der Waals surface area (Å²) in [6.07, 6.45) is 1.50. The van der Waals surface area contributed by atoms with E-state index in [0.29, 0.717) is 5.92 Å². The van der Waals surface area contributed by atoms with Crippen LogP contribution >= 0.6 is 0 Å². The van der Waals surface area contributed by atoms with E-state index in [1.54, 1.807) is 6.08 Å². The van der Waals surface area contributed by atoms with Crippen LogP contribution in [0.3, 0.4) is 0 Å². The molecule has 0 bridgehead atoms. The lowest BCUT2D eigenvalue weighted by molar-refractivity contribution is -0.0168. The van der Waals surface area contributed by atoms with Crippen molar-refractivity contribution in [3.05, 3.63) is 12.7 Å². The first-order valence-electron chi connectivity index (χ1n) is 6.09. The highest BCUT2D eigenvalue weighted by molar-refractivity contribution is 5.17. The lowest BCUT2D eigenvalue weighted by Gasteiger charge is -2.31. The third kappa shape index (κ3) is 2.31. The van der Waals surface area contributed by atoms with E-state index in [9.17, 15) is 5.11 Å². The topological polar surface area (TPSA) is 55.5 Å². The molecule has 0 radical (unpaired) electrons. The van der Waals surface area contributed by atoms with E-state index in [-0.39, 0.29) is 18.1 Å². The van der Waals surface area contributed by atoms with E-state index in [2.05, 4.69) is 34.3 Å². The van der Waals surface area contributed by atoms with E-state index < -0.39 is 11.6 Å². The first-order valence-corrected chi connectivity index (χ1v) is 6.09. The molecule has 3 nitrogen and oxygen atoms in total. The van der Waals surface area contributed by atoms with Gasteiger partial charge in [-0.1, -0.05) is 33.8 Å². The maximum atomic E-state index is 10.3. The molecule has 1 fully saturated rings. The molecule has 3 heteroatoms. The highest BCUT2D eigenvalue weighted by Crippen LogP contribution is 2.36. The fourth-order valence-corrected chi connectivity index (χ4v) is 2.49. The van der Waals surface area contributed by atoms with Crippen LogP contribution < -0.4 is 5.73 Å². The van der Waals surface area contributed by atoms with Crippen molar-refractivity contribution in [2.24, 2.45) is 17.6 Å². The van der Waals surface area contributed by atoms with Crippen LogP contribution in [0.2, 0.25) is 0 Å². The van der Waals surface area contributed by atoms with Gasteiger partial charge in [-0.25, -0.2) is 0 Å². The Labute approximate surface area is 98.7 Å². The molecule has 1 aliphatic heterocycles. The molecule has 1 rings (SSSR count). The summed E-state index contributed by atoms with van der Waals surface area (Å²) in [5, 5.41) is 10.3. The van der Waals surface area contributed by atoms with E-state index in [4.69, 9.17) is 10.5 Å². The molecule has 16 heavy (non-hydrogen) atoms. The second kappa shape index (κ2) is 4.86. The van der Waals surface area contributed by atoms with Crippen molar-refractivity contribution in [1.82, 2.24) is 0 Å². The summed E-state index contributed by atoms with van der Waals surface area (Å²) in [4.78, 5) is 0. The molecular weight excluding hydrogens is 202 g/mol. The SMILES string of the molecule is C=C[C@@]1(N)[C@H](O)[C@@H](CC(C)C)O[C@H]1C(C)C. The van der Waals surface area contributed by atoms with Gasteiger partial charge >= 0.3 is 0 Å². The second-order valence-electron chi connectivity index (χ2n) is 5.62. The van der Waals surface area contributed by atoms with Crippen LogP contribution in [0.1, 0.15) is 34.1 Å². The Bertz CT molecular complexity index is 252. The van der Waals surface area contributed by atoms with E-state index >= 15 is 0 Å². The average molecular weight is 227 g/mol. The smallest absolute Gasteiger partial charge is 0.104 e. The molecule has 1 aliphatic rings. The van der Waals surface area contributed by atoms with Crippen LogP contribution in [-0.4, -0.2) is 29.0 Å². The number of hydrogen-bond donors (Lipinski definition) is 2. The minimum absolute atomic E-state index is 0.149. The van der Waals surface area contributed by atoms with Crippen molar-refractivity contribution < 1.29 is 9.84 Å². The predicted octanol–water partition coefficient (Wildman–Crippen LogP) is 1.70. The summed E-state index contributed by atoms with van der Waals surface area (Å²) in [7, 11) is 0. The number of rotatable bonds is 4. The second-order valence-corrected chi connectivity index (χ2v) is 5.62. The first kappa shape index (κ1) is 13.7. The van der Waals surface area contributed by atoms with Gasteiger partial charge in [-0.2, -0.15) is 0 Å². The minimum atomic E-state index is -0.812. The summed E-state index contributed by atoms with van der Waals surface area (Å²) >= 11 is 0. The molecular formula is C13H25NO2. The van der Waals surface area contributed by atoms with Gasteiger partial charge in [0, 0.05) is 0 Å². The van der Waals surface area contributed by atoms with Crippen molar-refractivity contribution in [2.75, 3.05) is 0 Å². The summed E-state index contributed by atoms with van der Waals surface area (Å²) in [5.74, 6) is 0.759. The summed E-state index contributed by atoms with van der Waals surface area (Å²) < 4.78 is 5.91. The molecule has 0 aromatic heterocycles. The Kier molecular flexibility index (Phi) is 4.16. The average Bonchev–Trinajstić information content (AvgIpc) is 2.43. The van der Waals surface area contributed by atoms with Crippen LogP contribution in [0.5, 0.6) is 0 Å². The Morgan fingerprint density at radius 1 is 1.44 bits per heavy atom. The van der Waals surface area contributed by atoms with Gasteiger partial charge in [-0.15, -0.1) is 6.58 Å². The van der Waals surface area contributed by atoms with Gasteiger partial charge in [0.1, 0.15) is 6.10 Å². The van der Waals surface area contributed by atoms with Crippen LogP contribution in [0, 0.1) is 11.8 Å². The van der Waals surface area contributed by atoms with Gasteiger partial charge in [-0.05, 0) is 18.3 Å². The molecule has 1 saturated heterocycles. The third-order valence-electron chi connectivity index (χ3n) is 3.34. The van der Waals surface area contributed by atoms with Gasteiger partial charge in [0.15, 0.2) is 0 Å².